The summed E-state index contributed by atoms with van der Waals surface area (Å²) in [5.74, 6) is 0.718. The minimum Gasteiger partial charge on any atom is -0.339 e. The number of hydrogen-bond donors (Lipinski definition) is 1. The quantitative estimate of drug-likeness (QED) is 0.548. The summed E-state index contributed by atoms with van der Waals surface area (Å²) in [6.07, 6.45) is 3.62. The van der Waals surface area contributed by atoms with E-state index in [2.05, 4.69) is 20.3 Å². The van der Waals surface area contributed by atoms with Gasteiger partial charge in [0.25, 0.3) is 0 Å². The van der Waals surface area contributed by atoms with E-state index in [9.17, 15) is 0 Å². The first-order chi connectivity index (χ1) is 10.3. The minimum atomic E-state index is 0.245. The van der Waals surface area contributed by atoms with E-state index in [-0.39, 0.29) is 5.28 Å². The second-order valence-corrected chi connectivity index (χ2v) is 5.74. The molecule has 4 nitrogen and oxygen atoms in total. The summed E-state index contributed by atoms with van der Waals surface area (Å²) >= 11 is 7.54. The Kier molecular flexibility index (Phi) is 2.94. The third-order valence-electron chi connectivity index (χ3n) is 3.23. The van der Waals surface area contributed by atoms with E-state index in [0.29, 0.717) is 0 Å². The van der Waals surface area contributed by atoms with Gasteiger partial charge >= 0.3 is 0 Å². The van der Waals surface area contributed by atoms with Gasteiger partial charge in [-0.1, -0.05) is 12.1 Å². The minimum absolute atomic E-state index is 0.245. The van der Waals surface area contributed by atoms with Crippen LogP contribution in [0.5, 0.6) is 0 Å². The first-order valence-electron chi connectivity index (χ1n) is 6.32. The van der Waals surface area contributed by atoms with E-state index in [1.807, 2.05) is 41.9 Å². The van der Waals surface area contributed by atoms with Crippen LogP contribution in [0.2, 0.25) is 5.28 Å². The van der Waals surface area contributed by atoms with Crippen molar-refractivity contribution in [2.24, 2.45) is 0 Å². The molecule has 0 atom stereocenters. The summed E-state index contributed by atoms with van der Waals surface area (Å²) in [7, 11) is 0. The van der Waals surface area contributed by atoms with Crippen molar-refractivity contribution in [2.45, 2.75) is 0 Å². The van der Waals surface area contributed by atoms with Crippen LogP contribution in [0.15, 0.2) is 48.1 Å². The molecule has 1 N–H and O–H groups in total. The molecule has 4 rings (SSSR count). The summed E-state index contributed by atoms with van der Waals surface area (Å²) in [5, 5.41) is 8.71. The van der Waals surface area contributed by atoms with Gasteiger partial charge in [0.1, 0.15) is 10.6 Å². The smallest absolute Gasteiger partial charge is 0.225 e. The van der Waals surface area contributed by atoms with E-state index >= 15 is 0 Å². The van der Waals surface area contributed by atoms with Gasteiger partial charge in [-0.3, -0.25) is 4.98 Å². The van der Waals surface area contributed by atoms with Crippen LogP contribution in [0.1, 0.15) is 0 Å². The lowest BCUT2D eigenvalue weighted by atomic mass is 10.1. The average Bonchev–Trinajstić information content (AvgIpc) is 2.96. The normalized spacial score (nSPS) is 11.1. The summed E-state index contributed by atoms with van der Waals surface area (Å²) in [4.78, 5) is 13.6. The Morgan fingerprint density at radius 1 is 1.05 bits per heavy atom. The lowest BCUT2D eigenvalue weighted by molar-refractivity contribution is 1.23. The molecular weight excluding hydrogens is 304 g/mol. The van der Waals surface area contributed by atoms with Crippen LogP contribution in [0, 0.1) is 0 Å². The van der Waals surface area contributed by atoms with Gasteiger partial charge in [-0.15, -0.1) is 11.3 Å². The zero-order chi connectivity index (χ0) is 14.2. The Morgan fingerprint density at radius 2 is 2.00 bits per heavy atom. The van der Waals surface area contributed by atoms with Gasteiger partial charge in [0.15, 0.2) is 0 Å². The molecule has 0 saturated heterocycles. The van der Waals surface area contributed by atoms with Crippen LogP contribution in [-0.2, 0) is 0 Å². The van der Waals surface area contributed by atoms with E-state index in [1.165, 1.54) is 0 Å². The summed E-state index contributed by atoms with van der Waals surface area (Å²) in [5.41, 5.74) is 0.970. The van der Waals surface area contributed by atoms with Crippen molar-refractivity contribution in [1.82, 2.24) is 15.0 Å². The second kappa shape index (κ2) is 4.95. The van der Waals surface area contributed by atoms with Crippen LogP contribution in [0.4, 0.5) is 11.5 Å². The second-order valence-electron chi connectivity index (χ2n) is 4.51. The molecular formula is C15H9ClN4S. The predicted molar refractivity (Wildman–Crippen MR) is 87.5 cm³/mol. The lowest BCUT2D eigenvalue weighted by Crippen LogP contribution is -1.96. The average molecular weight is 313 g/mol. The monoisotopic (exact) mass is 312 g/mol. The van der Waals surface area contributed by atoms with Crippen molar-refractivity contribution in [3.63, 3.8) is 0 Å². The van der Waals surface area contributed by atoms with E-state index in [4.69, 9.17) is 11.6 Å². The molecule has 0 aliphatic carbocycles. The highest BCUT2D eigenvalue weighted by molar-refractivity contribution is 7.16. The van der Waals surface area contributed by atoms with Gasteiger partial charge in [0, 0.05) is 28.9 Å². The molecule has 0 spiro atoms. The fourth-order valence-corrected chi connectivity index (χ4v) is 3.27. The molecule has 4 aromatic rings. The molecule has 0 aliphatic rings. The zero-order valence-corrected chi connectivity index (χ0v) is 12.3. The maximum absolute atomic E-state index is 6.00. The van der Waals surface area contributed by atoms with Crippen LogP contribution >= 0.6 is 22.9 Å². The van der Waals surface area contributed by atoms with Crippen molar-refractivity contribution in [1.29, 1.82) is 0 Å². The van der Waals surface area contributed by atoms with E-state index in [1.54, 1.807) is 17.5 Å². The summed E-state index contributed by atoms with van der Waals surface area (Å²) < 4.78 is 0. The molecule has 0 amide bonds. The fourth-order valence-electron chi connectivity index (χ4n) is 2.28. The number of pyridine rings is 1. The number of nitrogens with one attached hydrogen (secondary N) is 1. The molecule has 0 aliphatic heterocycles. The standard InChI is InChI=1S/C15H9ClN4S/c16-15-19-13(11-5-7-21-14(11)20-15)18-12-3-1-2-9-8-17-6-4-10(9)12/h1-8H,(H,18,19,20). The summed E-state index contributed by atoms with van der Waals surface area (Å²) in [6, 6.07) is 9.99. The maximum Gasteiger partial charge on any atom is 0.225 e. The first-order valence-corrected chi connectivity index (χ1v) is 7.57. The van der Waals surface area contributed by atoms with Gasteiger partial charge in [0.05, 0.1) is 5.39 Å². The highest BCUT2D eigenvalue weighted by Gasteiger charge is 2.09. The lowest BCUT2D eigenvalue weighted by Gasteiger charge is -2.10. The molecule has 3 aromatic heterocycles. The molecule has 0 unspecified atom stereocenters. The molecule has 102 valence electrons. The number of aromatic nitrogens is 3. The van der Waals surface area contributed by atoms with Crippen molar-refractivity contribution in [3.8, 4) is 0 Å². The molecule has 21 heavy (non-hydrogen) atoms. The fraction of sp³-hybridized carbons (Fsp3) is 0. The number of nitrogens with zero attached hydrogens (tertiary/aromatic N) is 3. The van der Waals surface area contributed by atoms with E-state index < -0.39 is 0 Å². The third kappa shape index (κ3) is 2.20. The first kappa shape index (κ1) is 12.5. The van der Waals surface area contributed by atoms with Crippen molar-refractivity contribution < 1.29 is 0 Å². The Bertz CT molecular complexity index is 945. The highest BCUT2D eigenvalue weighted by atomic mass is 35.5. The molecule has 0 bridgehead atoms. The third-order valence-corrected chi connectivity index (χ3v) is 4.21. The van der Waals surface area contributed by atoms with Gasteiger partial charge in [-0.2, -0.15) is 4.98 Å². The van der Waals surface area contributed by atoms with Crippen molar-refractivity contribution in [2.75, 3.05) is 5.32 Å². The van der Waals surface area contributed by atoms with Gasteiger partial charge in [-0.05, 0) is 35.2 Å². The number of fused-ring (bicyclic) bond motifs is 2. The van der Waals surface area contributed by atoms with Gasteiger partial charge in [-0.25, -0.2) is 4.98 Å². The number of rotatable bonds is 2. The molecule has 1 aromatic carbocycles. The Labute approximate surface area is 129 Å². The maximum atomic E-state index is 6.00. The Balaban J connectivity index is 1.89. The number of benzene rings is 1. The van der Waals surface area contributed by atoms with Crippen LogP contribution in [-0.4, -0.2) is 15.0 Å². The number of hydrogen-bond acceptors (Lipinski definition) is 5. The van der Waals surface area contributed by atoms with Gasteiger partial charge in [0.2, 0.25) is 5.28 Å². The number of anilines is 2. The van der Waals surface area contributed by atoms with Crippen molar-refractivity contribution >= 4 is 55.4 Å². The predicted octanol–water partition coefficient (Wildman–Crippen LogP) is 4.64. The Morgan fingerprint density at radius 3 is 2.95 bits per heavy atom. The topological polar surface area (TPSA) is 50.7 Å². The Hall–Kier alpha value is -2.24. The largest absolute Gasteiger partial charge is 0.339 e. The van der Waals surface area contributed by atoms with Crippen LogP contribution < -0.4 is 5.32 Å². The highest BCUT2D eigenvalue weighted by Crippen LogP contribution is 2.31. The van der Waals surface area contributed by atoms with E-state index in [0.717, 1.165) is 32.5 Å². The number of thiophene rings is 1. The van der Waals surface area contributed by atoms with Crippen LogP contribution in [0.25, 0.3) is 21.0 Å². The molecule has 3 heterocycles. The molecule has 0 saturated carbocycles. The number of halogens is 1. The molecule has 0 fully saturated rings. The van der Waals surface area contributed by atoms with Crippen molar-refractivity contribution in [3.05, 3.63) is 53.4 Å². The van der Waals surface area contributed by atoms with Gasteiger partial charge < -0.3 is 5.32 Å². The zero-order valence-electron chi connectivity index (χ0n) is 10.7. The van der Waals surface area contributed by atoms with Crippen LogP contribution in [0.3, 0.4) is 0 Å². The SMILES string of the molecule is Clc1nc(Nc2cccc3cnccc23)c2ccsc2n1. The molecule has 0 radical (unpaired) electrons. The molecule has 6 heteroatoms. The summed E-state index contributed by atoms with van der Waals surface area (Å²) in [6.45, 7) is 0.